The van der Waals surface area contributed by atoms with Gasteiger partial charge in [-0.25, -0.2) is 4.98 Å². The quantitative estimate of drug-likeness (QED) is 0.515. The van der Waals surface area contributed by atoms with Gasteiger partial charge in [0.15, 0.2) is 0 Å². The summed E-state index contributed by atoms with van der Waals surface area (Å²) >= 11 is 1.50. The number of fused-ring (bicyclic) bond motifs is 1. The molecule has 1 aliphatic rings. The average molecular weight is 436 g/mol. The first-order valence-corrected chi connectivity index (χ1v) is 11.2. The van der Waals surface area contributed by atoms with Gasteiger partial charge in [-0.05, 0) is 36.8 Å². The van der Waals surface area contributed by atoms with Gasteiger partial charge in [-0.3, -0.25) is 4.90 Å². The lowest BCUT2D eigenvalue weighted by molar-refractivity contribution is 0.211. The molecule has 0 bridgehead atoms. The number of hydrogen-bond acceptors (Lipinski definition) is 7. The molecule has 1 saturated heterocycles. The van der Waals surface area contributed by atoms with Crippen LogP contribution in [-0.2, 0) is 0 Å². The molecule has 0 aliphatic carbocycles. The van der Waals surface area contributed by atoms with E-state index in [0.717, 1.165) is 42.4 Å². The molecule has 1 N–H and O–H groups in total. The van der Waals surface area contributed by atoms with Crippen LogP contribution in [0.2, 0.25) is 0 Å². The fraction of sp³-hybridized carbons (Fsp3) is 0.304. The van der Waals surface area contributed by atoms with Gasteiger partial charge in [0, 0.05) is 31.9 Å². The van der Waals surface area contributed by atoms with Crippen LogP contribution in [0.25, 0.3) is 4.96 Å². The van der Waals surface area contributed by atoms with E-state index in [4.69, 9.17) is 4.74 Å². The highest BCUT2D eigenvalue weighted by molar-refractivity contribution is 7.17. The smallest absolute Gasteiger partial charge is 0.230 e. The monoisotopic (exact) mass is 435 g/mol. The molecule has 7 nitrogen and oxygen atoms in total. The molecule has 3 heterocycles. The van der Waals surface area contributed by atoms with Crippen molar-refractivity contribution >= 4 is 22.0 Å². The summed E-state index contributed by atoms with van der Waals surface area (Å²) in [7, 11) is 1.68. The van der Waals surface area contributed by atoms with Crippen LogP contribution in [0.1, 0.15) is 22.3 Å². The third kappa shape index (κ3) is 3.73. The summed E-state index contributed by atoms with van der Waals surface area (Å²) in [6, 6.07) is 18.5. The molecule has 5 rings (SSSR count). The minimum atomic E-state index is -0.0955. The van der Waals surface area contributed by atoms with Crippen molar-refractivity contribution in [3.63, 3.8) is 0 Å². The van der Waals surface area contributed by atoms with Crippen molar-refractivity contribution in [3.8, 4) is 11.6 Å². The van der Waals surface area contributed by atoms with Crippen LogP contribution >= 0.6 is 11.3 Å². The van der Waals surface area contributed by atoms with Crippen LogP contribution in [0, 0.1) is 6.92 Å². The van der Waals surface area contributed by atoms with Gasteiger partial charge < -0.3 is 14.7 Å². The Kier molecular flexibility index (Phi) is 5.25. The van der Waals surface area contributed by atoms with Gasteiger partial charge in [0.05, 0.1) is 18.0 Å². The third-order valence-electron chi connectivity index (χ3n) is 5.76. The van der Waals surface area contributed by atoms with Crippen LogP contribution in [0.4, 0.5) is 5.69 Å². The Morgan fingerprint density at radius 3 is 2.52 bits per heavy atom. The van der Waals surface area contributed by atoms with E-state index in [1.165, 1.54) is 17.0 Å². The number of methoxy groups -OCH3 is 1. The predicted molar refractivity (Wildman–Crippen MR) is 122 cm³/mol. The summed E-state index contributed by atoms with van der Waals surface area (Å²) in [6.07, 6.45) is 0. The van der Waals surface area contributed by atoms with Crippen molar-refractivity contribution in [2.45, 2.75) is 13.0 Å². The zero-order valence-corrected chi connectivity index (χ0v) is 18.4. The fourth-order valence-corrected chi connectivity index (χ4v) is 5.41. The van der Waals surface area contributed by atoms with E-state index in [-0.39, 0.29) is 11.9 Å². The highest BCUT2D eigenvalue weighted by atomic mass is 32.1. The van der Waals surface area contributed by atoms with Crippen molar-refractivity contribution in [2.24, 2.45) is 0 Å². The maximum absolute atomic E-state index is 11.0. The summed E-state index contributed by atoms with van der Waals surface area (Å²) in [4.78, 5) is 10.9. The lowest BCUT2D eigenvalue weighted by Crippen LogP contribution is -2.47. The van der Waals surface area contributed by atoms with Gasteiger partial charge >= 0.3 is 0 Å². The molecule has 8 heteroatoms. The molecule has 0 spiro atoms. The van der Waals surface area contributed by atoms with Gasteiger partial charge in [-0.15, -0.1) is 5.10 Å². The molecule has 2 aromatic heterocycles. The topological polar surface area (TPSA) is 66.1 Å². The highest BCUT2D eigenvalue weighted by Crippen LogP contribution is 2.41. The zero-order valence-electron chi connectivity index (χ0n) is 17.6. The minimum absolute atomic E-state index is 0.0955. The number of thiazole rings is 1. The van der Waals surface area contributed by atoms with E-state index in [0.29, 0.717) is 10.8 Å². The van der Waals surface area contributed by atoms with E-state index in [1.807, 2.05) is 25.1 Å². The second-order valence-electron chi connectivity index (χ2n) is 7.68. The van der Waals surface area contributed by atoms with Crippen LogP contribution in [-0.4, -0.2) is 57.9 Å². The van der Waals surface area contributed by atoms with Gasteiger partial charge in [-0.2, -0.15) is 4.52 Å². The standard InChI is InChI=1S/C23H25N5O2S/c1-16-24-23-28(25-16)22(29)21(31-23)20(17-7-6-10-19(15-17)30-2)27-13-11-26(12-14-27)18-8-4-3-5-9-18/h3-10,15,20,29H,11-14H2,1-2H3/t20-/m1/s1. The third-order valence-corrected chi connectivity index (χ3v) is 6.84. The van der Waals surface area contributed by atoms with E-state index in [2.05, 4.69) is 56.3 Å². The molecule has 0 saturated carbocycles. The van der Waals surface area contributed by atoms with Crippen molar-refractivity contribution in [1.29, 1.82) is 0 Å². The number of para-hydroxylation sites is 1. The molecular weight excluding hydrogens is 410 g/mol. The normalized spacial score (nSPS) is 16.0. The Balaban J connectivity index is 1.50. The average Bonchev–Trinajstić information content (AvgIpc) is 3.32. The Morgan fingerprint density at radius 1 is 1.03 bits per heavy atom. The number of hydrogen-bond donors (Lipinski definition) is 1. The number of anilines is 1. The van der Waals surface area contributed by atoms with Crippen LogP contribution in [0.3, 0.4) is 0 Å². The molecule has 160 valence electrons. The van der Waals surface area contributed by atoms with Crippen molar-refractivity contribution in [3.05, 3.63) is 70.9 Å². The number of aromatic hydroxyl groups is 1. The Morgan fingerprint density at radius 2 is 1.81 bits per heavy atom. The van der Waals surface area contributed by atoms with Gasteiger partial charge in [-0.1, -0.05) is 41.7 Å². The number of piperazine rings is 1. The number of benzene rings is 2. The molecule has 4 aromatic rings. The molecule has 2 aromatic carbocycles. The summed E-state index contributed by atoms with van der Waals surface area (Å²) in [5, 5.41) is 15.4. The van der Waals surface area contributed by atoms with Crippen LogP contribution in [0.5, 0.6) is 11.6 Å². The first-order valence-electron chi connectivity index (χ1n) is 10.4. The van der Waals surface area contributed by atoms with Crippen molar-refractivity contribution < 1.29 is 9.84 Å². The molecule has 0 radical (unpaired) electrons. The van der Waals surface area contributed by atoms with E-state index in [9.17, 15) is 5.11 Å². The zero-order chi connectivity index (χ0) is 21.4. The molecular formula is C23H25N5O2S. The van der Waals surface area contributed by atoms with E-state index < -0.39 is 0 Å². The van der Waals surface area contributed by atoms with Crippen molar-refractivity contribution in [1.82, 2.24) is 19.5 Å². The Bertz CT molecular complexity index is 1180. The number of rotatable bonds is 5. The molecule has 0 amide bonds. The first-order chi connectivity index (χ1) is 15.1. The molecule has 1 atom stereocenters. The van der Waals surface area contributed by atoms with Gasteiger partial charge in [0.1, 0.15) is 11.6 Å². The summed E-state index contributed by atoms with van der Waals surface area (Å²) < 4.78 is 7.02. The SMILES string of the molecule is COc1cccc([C@H](c2sc3nc(C)nn3c2O)N2CCN(c3ccccc3)CC2)c1. The molecule has 1 aliphatic heterocycles. The van der Waals surface area contributed by atoms with Crippen LogP contribution < -0.4 is 9.64 Å². The highest BCUT2D eigenvalue weighted by Gasteiger charge is 2.32. The summed E-state index contributed by atoms with van der Waals surface area (Å²) in [6.45, 7) is 5.43. The molecule has 31 heavy (non-hydrogen) atoms. The lowest BCUT2D eigenvalue weighted by Gasteiger charge is -2.40. The summed E-state index contributed by atoms with van der Waals surface area (Å²) in [5.41, 5.74) is 2.33. The first kappa shape index (κ1) is 19.8. The Hall–Kier alpha value is -3.10. The largest absolute Gasteiger partial charge is 0.497 e. The van der Waals surface area contributed by atoms with Gasteiger partial charge in [0.25, 0.3) is 0 Å². The van der Waals surface area contributed by atoms with Crippen molar-refractivity contribution in [2.75, 3.05) is 38.2 Å². The maximum Gasteiger partial charge on any atom is 0.230 e. The molecule has 0 unspecified atom stereocenters. The van der Waals surface area contributed by atoms with E-state index >= 15 is 0 Å². The predicted octanol–water partition coefficient (Wildman–Crippen LogP) is 3.73. The second kappa shape index (κ2) is 8.20. The second-order valence-corrected chi connectivity index (χ2v) is 8.69. The van der Waals surface area contributed by atoms with Crippen LogP contribution in [0.15, 0.2) is 54.6 Å². The number of aromatic nitrogens is 3. The fourth-order valence-electron chi connectivity index (χ4n) is 4.24. The Labute approximate surface area is 185 Å². The summed E-state index contributed by atoms with van der Waals surface area (Å²) in [5.74, 6) is 1.63. The molecule has 1 fully saturated rings. The number of aryl methyl sites for hydroxylation is 1. The van der Waals surface area contributed by atoms with E-state index in [1.54, 1.807) is 11.6 Å². The number of nitrogens with zero attached hydrogens (tertiary/aromatic N) is 5. The van der Waals surface area contributed by atoms with Gasteiger partial charge in [0.2, 0.25) is 10.8 Å². The lowest BCUT2D eigenvalue weighted by atomic mass is 10.0. The number of ether oxygens (including phenoxy) is 1. The minimum Gasteiger partial charge on any atom is -0.497 e. The maximum atomic E-state index is 11.0.